The van der Waals surface area contributed by atoms with E-state index in [9.17, 15) is 0 Å². The summed E-state index contributed by atoms with van der Waals surface area (Å²) in [5, 5.41) is 24.4. The van der Waals surface area contributed by atoms with E-state index in [0.29, 0.717) is 11.5 Å². The minimum atomic E-state index is -0.125. The van der Waals surface area contributed by atoms with Crippen molar-refractivity contribution in [3.63, 3.8) is 0 Å². The van der Waals surface area contributed by atoms with E-state index >= 15 is 0 Å². The molecule has 0 aromatic heterocycles. The standard InChI is InChI=1S/C8H10O3.C2H6O2/c1-10-6-3-4-7(9)8(5-6)11-2;3-1-2-4/h3-5,9H,1-2H3;3-4H,1-2H2. The Morgan fingerprint density at radius 2 is 1.67 bits per heavy atom. The summed E-state index contributed by atoms with van der Waals surface area (Å²) in [5.41, 5.74) is 0. The first-order valence-electron chi connectivity index (χ1n) is 4.32. The van der Waals surface area contributed by atoms with Gasteiger partial charge in [0.2, 0.25) is 0 Å². The second kappa shape index (κ2) is 7.90. The molecule has 1 rings (SSSR count). The zero-order chi connectivity index (χ0) is 11.7. The highest BCUT2D eigenvalue weighted by Crippen LogP contribution is 2.29. The molecule has 5 heteroatoms. The van der Waals surface area contributed by atoms with Gasteiger partial charge in [-0.2, -0.15) is 0 Å². The Kier molecular flexibility index (Phi) is 7.13. The first-order chi connectivity index (χ1) is 7.19. The molecule has 15 heavy (non-hydrogen) atoms. The van der Waals surface area contributed by atoms with Gasteiger partial charge >= 0.3 is 0 Å². The lowest BCUT2D eigenvalue weighted by atomic mass is 10.3. The third kappa shape index (κ3) is 5.09. The van der Waals surface area contributed by atoms with Gasteiger partial charge in [0.25, 0.3) is 0 Å². The molecule has 0 fully saturated rings. The fourth-order valence-electron chi connectivity index (χ4n) is 0.785. The van der Waals surface area contributed by atoms with Crippen LogP contribution in [0.25, 0.3) is 0 Å². The van der Waals surface area contributed by atoms with Gasteiger partial charge in [0.05, 0.1) is 27.4 Å². The van der Waals surface area contributed by atoms with Crippen LogP contribution in [-0.2, 0) is 0 Å². The molecular formula is C10H16O5. The van der Waals surface area contributed by atoms with Crippen molar-refractivity contribution >= 4 is 0 Å². The predicted octanol–water partition coefficient (Wildman–Crippen LogP) is 0.380. The second-order valence-corrected chi connectivity index (χ2v) is 2.48. The number of aliphatic hydroxyl groups excluding tert-OH is 2. The van der Waals surface area contributed by atoms with E-state index in [0.717, 1.165) is 0 Å². The minimum Gasteiger partial charge on any atom is -0.504 e. The number of phenolic OH excluding ortho intramolecular Hbond substituents is 1. The Labute approximate surface area is 88.5 Å². The number of ether oxygens (including phenoxy) is 2. The molecule has 0 saturated heterocycles. The maximum Gasteiger partial charge on any atom is 0.164 e. The highest BCUT2D eigenvalue weighted by atomic mass is 16.5. The van der Waals surface area contributed by atoms with Crippen LogP contribution in [0.3, 0.4) is 0 Å². The van der Waals surface area contributed by atoms with Crippen LogP contribution in [0.4, 0.5) is 0 Å². The van der Waals surface area contributed by atoms with Crippen molar-refractivity contribution in [3.8, 4) is 17.2 Å². The first-order valence-corrected chi connectivity index (χ1v) is 4.32. The molecule has 0 saturated carbocycles. The molecule has 0 atom stereocenters. The van der Waals surface area contributed by atoms with E-state index < -0.39 is 0 Å². The van der Waals surface area contributed by atoms with Crippen LogP contribution in [0.5, 0.6) is 17.2 Å². The summed E-state index contributed by atoms with van der Waals surface area (Å²) in [4.78, 5) is 0. The number of hydrogen-bond donors (Lipinski definition) is 3. The number of benzene rings is 1. The Balaban J connectivity index is 0.000000423. The van der Waals surface area contributed by atoms with Crippen LogP contribution < -0.4 is 9.47 Å². The van der Waals surface area contributed by atoms with E-state index in [1.807, 2.05) is 0 Å². The van der Waals surface area contributed by atoms with Crippen LogP contribution in [0.15, 0.2) is 18.2 Å². The average Bonchev–Trinajstić information content (AvgIpc) is 2.30. The Hall–Kier alpha value is -1.46. The second-order valence-electron chi connectivity index (χ2n) is 2.48. The average molecular weight is 216 g/mol. The lowest BCUT2D eigenvalue weighted by Crippen LogP contribution is -1.86. The van der Waals surface area contributed by atoms with Crippen LogP contribution in [0, 0.1) is 0 Å². The lowest BCUT2D eigenvalue weighted by molar-refractivity contribution is 0.186. The molecular weight excluding hydrogens is 200 g/mol. The molecule has 3 N–H and O–H groups in total. The molecule has 1 aromatic rings. The monoisotopic (exact) mass is 216 g/mol. The van der Waals surface area contributed by atoms with Gasteiger partial charge in [0, 0.05) is 6.07 Å². The van der Waals surface area contributed by atoms with E-state index in [2.05, 4.69) is 0 Å². The van der Waals surface area contributed by atoms with Crippen molar-refractivity contribution in [1.29, 1.82) is 0 Å². The molecule has 1 aromatic carbocycles. The molecule has 0 unspecified atom stereocenters. The van der Waals surface area contributed by atoms with E-state index in [4.69, 9.17) is 24.8 Å². The predicted molar refractivity (Wildman–Crippen MR) is 55.4 cm³/mol. The molecule has 0 bridgehead atoms. The summed E-state index contributed by atoms with van der Waals surface area (Å²) >= 11 is 0. The minimum absolute atomic E-state index is 0.119. The molecule has 0 heterocycles. The number of aliphatic hydroxyl groups is 2. The maximum absolute atomic E-state index is 9.15. The fraction of sp³-hybridized carbons (Fsp3) is 0.400. The van der Waals surface area contributed by atoms with Gasteiger partial charge in [-0.05, 0) is 12.1 Å². The zero-order valence-corrected chi connectivity index (χ0v) is 8.80. The summed E-state index contributed by atoms with van der Waals surface area (Å²) in [6.45, 7) is -0.250. The van der Waals surface area contributed by atoms with Gasteiger partial charge in [-0.15, -0.1) is 0 Å². The smallest absolute Gasteiger partial charge is 0.164 e. The van der Waals surface area contributed by atoms with Crippen molar-refractivity contribution < 1.29 is 24.8 Å². The van der Waals surface area contributed by atoms with Gasteiger partial charge in [0.15, 0.2) is 11.5 Å². The van der Waals surface area contributed by atoms with Gasteiger partial charge in [-0.25, -0.2) is 0 Å². The fourth-order valence-corrected chi connectivity index (χ4v) is 0.785. The molecule has 86 valence electrons. The normalized spacial score (nSPS) is 8.80. The Morgan fingerprint density at radius 1 is 1.07 bits per heavy atom. The largest absolute Gasteiger partial charge is 0.504 e. The number of hydrogen-bond acceptors (Lipinski definition) is 5. The molecule has 0 spiro atoms. The third-order valence-corrected chi connectivity index (χ3v) is 1.49. The van der Waals surface area contributed by atoms with E-state index in [-0.39, 0.29) is 19.0 Å². The molecule has 0 aliphatic heterocycles. The maximum atomic E-state index is 9.15. The van der Waals surface area contributed by atoms with E-state index in [1.165, 1.54) is 13.2 Å². The summed E-state index contributed by atoms with van der Waals surface area (Å²) in [7, 11) is 3.06. The quantitative estimate of drug-likeness (QED) is 0.680. The number of methoxy groups -OCH3 is 2. The molecule has 0 amide bonds. The van der Waals surface area contributed by atoms with Crippen LogP contribution in [0.2, 0.25) is 0 Å². The topological polar surface area (TPSA) is 79.2 Å². The van der Waals surface area contributed by atoms with Crippen molar-refractivity contribution in [2.75, 3.05) is 27.4 Å². The van der Waals surface area contributed by atoms with Gasteiger partial charge in [-0.1, -0.05) is 0 Å². The van der Waals surface area contributed by atoms with Crippen molar-refractivity contribution in [3.05, 3.63) is 18.2 Å². The highest BCUT2D eigenvalue weighted by Gasteiger charge is 2.00. The molecule has 0 aliphatic rings. The van der Waals surface area contributed by atoms with Crippen molar-refractivity contribution in [2.45, 2.75) is 0 Å². The van der Waals surface area contributed by atoms with Crippen molar-refractivity contribution in [1.82, 2.24) is 0 Å². The number of phenols is 1. The molecule has 5 nitrogen and oxygen atoms in total. The molecule has 0 radical (unpaired) electrons. The van der Waals surface area contributed by atoms with Gasteiger partial charge < -0.3 is 24.8 Å². The Morgan fingerprint density at radius 3 is 2.07 bits per heavy atom. The Bertz CT molecular complexity index is 273. The van der Waals surface area contributed by atoms with Crippen LogP contribution in [-0.4, -0.2) is 42.8 Å². The number of rotatable bonds is 3. The summed E-state index contributed by atoms with van der Waals surface area (Å²) in [5.74, 6) is 1.21. The SMILES string of the molecule is COc1ccc(O)c(OC)c1.OCCO. The zero-order valence-electron chi connectivity index (χ0n) is 8.80. The number of aromatic hydroxyl groups is 1. The highest BCUT2D eigenvalue weighted by molar-refractivity contribution is 5.44. The third-order valence-electron chi connectivity index (χ3n) is 1.49. The first kappa shape index (κ1) is 13.5. The summed E-state index contributed by atoms with van der Waals surface area (Å²) in [6, 6.07) is 4.81. The molecule has 0 aliphatic carbocycles. The van der Waals surface area contributed by atoms with Crippen molar-refractivity contribution in [2.24, 2.45) is 0 Å². The van der Waals surface area contributed by atoms with Crippen LogP contribution in [0.1, 0.15) is 0 Å². The summed E-state index contributed by atoms with van der Waals surface area (Å²) in [6.07, 6.45) is 0. The van der Waals surface area contributed by atoms with Gasteiger partial charge in [0.1, 0.15) is 5.75 Å². The van der Waals surface area contributed by atoms with E-state index in [1.54, 1.807) is 19.2 Å². The summed E-state index contributed by atoms with van der Waals surface area (Å²) < 4.78 is 9.78. The lowest BCUT2D eigenvalue weighted by Gasteiger charge is -2.04. The van der Waals surface area contributed by atoms with Gasteiger partial charge in [-0.3, -0.25) is 0 Å². The van der Waals surface area contributed by atoms with Crippen LogP contribution >= 0.6 is 0 Å².